The van der Waals surface area contributed by atoms with Gasteiger partial charge < -0.3 is 10.6 Å². The van der Waals surface area contributed by atoms with Crippen molar-refractivity contribution in [3.8, 4) is 0 Å². The fraction of sp³-hybridized carbons (Fsp3) is 0.545. The van der Waals surface area contributed by atoms with Gasteiger partial charge >= 0.3 is 0 Å². The summed E-state index contributed by atoms with van der Waals surface area (Å²) in [4.78, 5) is 4.33. The van der Waals surface area contributed by atoms with E-state index >= 15 is 0 Å². The predicted octanol–water partition coefficient (Wildman–Crippen LogP) is 2.01. The molecule has 0 bridgehead atoms. The summed E-state index contributed by atoms with van der Waals surface area (Å²) in [5.41, 5.74) is 1.27. The van der Waals surface area contributed by atoms with Crippen molar-refractivity contribution in [3.05, 3.63) is 23.9 Å². The number of hydrogen-bond acceptors (Lipinski definition) is 3. The van der Waals surface area contributed by atoms with Gasteiger partial charge in [0.1, 0.15) is 5.82 Å². The molecule has 0 spiro atoms. The van der Waals surface area contributed by atoms with Crippen molar-refractivity contribution in [3.63, 3.8) is 0 Å². The molecule has 1 heterocycles. The minimum atomic E-state index is 0.0670. The van der Waals surface area contributed by atoms with E-state index in [4.69, 9.17) is 0 Å². The van der Waals surface area contributed by atoms with Crippen LogP contribution in [0.4, 0.5) is 5.82 Å². The quantitative estimate of drug-likeness (QED) is 0.771. The second kappa shape index (κ2) is 4.42. The molecule has 1 aromatic rings. The summed E-state index contributed by atoms with van der Waals surface area (Å²) < 4.78 is 0. The second-order valence-corrected chi connectivity index (χ2v) is 4.46. The molecular formula is C11H19N3. The molecule has 0 saturated heterocycles. The van der Waals surface area contributed by atoms with E-state index < -0.39 is 0 Å². The lowest BCUT2D eigenvalue weighted by Gasteiger charge is -2.21. The van der Waals surface area contributed by atoms with Crippen LogP contribution >= 0.6 is 0 Å². The molecule has 0 fully saturated rings. The van der Waals surface area contributed by atoms with E-state index in [1.165, 1.54) is 5.56 Å². The van der Waals surface area contributed by atoms with E-state index in [1.54, 1.807) is 0 Å². The highest BCUT2D eigenvalue weighted by atomic mass is 15.0. The van der Waals surface area contributed by atoms with Gasteiger partial charge in [-0.3, -0.25) is 0 Å². The van der Waals surface area contributed by atoms with Gasteiger partial charge in [-0.2, -0.15) is 0 Å². The van der Waals surface area contributed by atoms with Crippen LogP contribution in [0.5, 0.6) is 0 Å². The van der Waals surface area contributed by atoms with Crippen molar-refractivity contribution >= 4 is 5.82 Å². The Bertz CT molecular complexity index is 272. The van der Waals surface area contributed by atoms with E-state index in [2.05, 4.69) is 42.5 Å². The number of anilines is 1. The molecule has 2 N–H and O–H groups in total. The van der Waals surface area contributed by atoms with Gasteiger partial charge in [0.05, 0.1) is 0 Å². The summed E-state index contributed by atoms with van der Waals surface area (Å²) in [5, 5.41) is 6.41. The van der Waals surface area contributed by atoms with Crippen LogP contribution in [0.2, 0.25) is 0 Å². The minimum absolute atomic E-state index is 0.0670. The van der Waals surface area contributed by atoms with Crippen molar-refractivity contribution in [2.24, 2.45) is 0 Å². The lowest BCUT2D eigenvalue weighted by Crippen LogP contribution is -2.26. The molecule has 0 aliphatic heterocycles. The molecule has 3 heteroatoms. The Morgan fingerprint density at radius 2 is 2.00 bits per heavy atom. The third kappa shape index (κ3) is 3.75. The smallest absolute Gasteiger partial charge is 0.126 e. The number of pyridine rings is 1. The summed E-state index contributed by atoms with van der Waals surface area (Å²) in [6.45, 7) is 7.23. The first-order valence-corrected chi connectivity index (χ1v) is 4.89. The van der Waals surface area contributed by atoms with E-state index in [0.29, 0.717) is 0 Å². The van der Waals surface area contributed by atoms with Crippen LogP contribution in [0.25, 0.3) is 0 Å². The van der Waals surface area contributed by atoms with Crippen LogP contribution in [-0.4, -0.2) is 17.6 Å². The Morgan fingerprint density at radius 3 is 2.43 bits per heavy atom. The standard InChI is InChI=1S/C11H19N3/c1-11(2,3)14-10-6-5-9(7-12-4)8-13-10/h5-6,8,12H,7H2,1-4H3,(H,13,14). The summed E-state index contributed by atoms with van der Waals surface area (Å²) >= 11 is 0. The highest BCUT2D eigenvalue weighted by Gasteiger charge is 2.09. The van der Waals surface area contributed by atoms with Gasteiger partial charge in [0.2, 0.25) is 0 Å². The molecule has 0 radical (unpaired) electrons. The molecule has 1 rings (SSSR count). The summed E-state index contributed by atoms with van der Waals surface area (Å²) in [7, 11) is 1.93. The van der Waals surface area contributed by atoms with E-state index in [-0.39, 0.29) is 5.54 Å². The van der Waals surface area contributed by atoms with Gasteiger partial charge in [-0.1, -0.05) is 6.07 Å². The van der Waals surface area contributed by atoms with Crippen molar-refractivity contribution in [2.75, 3.05) is 12.4 Å². The largest absolute Gasteiger partial charge is 0.365 e. The predicted molar refractivity (Wildman–Crippen MR) is 60.4 cm³/mol. The molecule has 0 aliphatic rings. The first-order valence-electron chi connectivity index (χ1n) is 4.89. The normalized spacial score (nSPS) is 11.4. The summed E-state index contributed by atoms with van der Waals surface area (Å²) in [5.74, 6) is 0.928. The first-order chi connectivity index (χ1) is 6.51. The highest BCUT2D eigenvalue weighted by molar-refractivity contribution is 5.37. The SMILES string of the molecule is CNCc1ccc(NC(C)(C)C)nc1. The third-order valence-corrected chi connectivity index (χ3v) is 1.71. The van der Waals surface area contributed by atoms with Crippen LogP contribution < -0.4 is 10.6 Å². The van der Waals surface area contributed by atoms with Gasteiger partial charge in [0.25, 0.3) is 0 Å². The molecule has 3 nitrogen and oxygen atoms in total. The van der Waals surface area contributed by atoms with Crippen LogP contribution in [0, 0.1) is 0 Å². The molecule has 0 atom stereocenters. The lowest BCUT2D eigenvalue weighted by molar-refractivity contribution is 0.630. The van der Waals surface area contributed by atoms with Crippen LogP contribution in [0.3, 0.4) is 0 Å². The Balaban J connectivity index is 2.64. The molecule has 0 unspecified atom stereocenters. The van der Waals surface area contributed by atoms with Crippen molar-refractivity contribution < 1.29 is 0 Å². The Labute approximate surface area is 85.9 Å². The minimum Gasteiger partial charge on any atom is -0.365 e. The molecule has 14 heavy (non-hydrogen) atoms. The highest BCUT2D eigenvalue weighted by Crippen LogP contribution is 2.11. The van der Waals surface area contributed by atoms with Gasteiger partial charge in [0, 0.05) is 18.3 Å². The Hall–Kier alpha value is -1.09. The molecule has 0 saturated carbocycles. The van der Waals surface area contributed by atoms with Crippen molar-refractivity contribution in [2.45, 2.75) is 32.9 Å². The zero-order chi connectivity index (χ0) is 10.6. The molecule has 1 aromatic heterocycles. The first kappa shape index (κ1) is 11.0. The number of nitrogens with one attached hydrogen (secondary N) is 2. The topological polar surface area (TPSA) is 37.0 Å². The second-order valence-electron chi connectivity index (χ2n) is 4.46. The number of hydrogen-bond donors (Lipinski definition) is 2. The fourth-order valence-electron chi connectivity index (χ4n) is 1.19. The maximum absolute atomic E-state index is 4.33. The van der Waals surface area contributed by atoms with Gasteiger partial charge in [-0.25, -0.2) is 4.98 Å². The summed E-state index contributed by atoms with van der Waals surface area (Å²) in [6.07, 6.45) is 1.89. The maximum Gasteiger partial charge on any atom is 0.126 e. The van der Waals surface area contributed by atoms with E-state index in [0.717, 1.165) is 12.4 Å². The van der Waals surface area contributed by atoms with Crippen LogP contribution in [-0.2, 0) is 6.54 Å². The average molecular weight is 193 g/mol. The fourth-order valence-corrected chi connectivity index (χ4v) is 1.19. The maximum atomic E-state index is 4.33. The van der Waals surface area contributed by atoms with Gasteiger partial charge in [-0.15, -0.1) is 0 Å². The zero-order valence-corrected chi connectivity index (χ0v) is 9.39. The Morgan fingerprint density at radius 1 is 1.29 bits per heavy atom. The molecule has 0 amide bonds. The van der Waals surface area contributed by atoms with E-state index in [1.807, 2.05) is 19.3 Å². The van der Waals surface area contributed by atoms with Gasteiger partial charge in [0.15, 0.2) is 0 Å². The number of rotatable bonds is 3. The Kier molecular flexibility index (Phi) is 3.47. The number of nitrogens with zero attached hydrogens (tertiary/aromatic N) is 1. The monoisotopic (exact) mass is 193 g/mol. The van der Waals surface area contributed by atoms with Crippen LogP contribution in [0.1, 0.15) is 26.3 Å². The van der Waals surface area contributed by atoms with E-state index in [9.17, 15) is 0 Å². The van der Waals surface area contributed by atoms with Crippen molar-refractivity contribution in [1.82, 2.24) is 10.3 Å². The van der Waals surface area contributed by atoms with Crippen LogP contribution in [0.15, 0.2) is 18.3 Å². The molecule has 0 aromatic carbocycles. The number of aromatic nitrogens is 1. The average Bonchev–Trinajstić information content (AvgIpc) is 2.06. The lowest BCUT2D eigenvalue weighted by atomic mass is 10.1. The third-order valence-electron chi connectivity index (χ3n) is 1.71. The van der Waals surface area contributed by atoms with Gasteiger partial charge in [-0.05, 0) is 39.4 Å². The zero-order valence-electron chi connectivity index (χ0n) is 9.39. The molecule has 0 aliphatic carbocycles. The summed E-state index contributed by atoms with van der Waals surface area (Å²) in [6, 6.07) is 4.09. The molecular weight excluding hydrogens is 174 g/mol. The van der Waals surface area contributed by atoms with Crippen molar-refractivity contribution in [1.29, 1.82) is 0 Å². The molecule has 78 valence electrons.